The van der Waals surface area contributed by atoms with E-state index in [1.807, 2.05) is 0 Å². The third-order valence-corrected chi connectivity index (χ3v) is 10.4. The largest absolute Gasteiger partial charge is 0.463 e. The van der Waals surface area contributed by atoms with Crippen molar-refractivity contribution in [3.63, 3.8) is 0 Å². The van der Waals surface area contributed by atoms with Crippen LogP contribution in [0.3, 0.4) is 0 Å². The van der Waals surface area contributed by atoms with E-state index >= 15 is 0 Å². The van der Waals surface area contributed by atoms with Gasteiger partial charge < -0.3 is 14.2 Å². The molecule has 4 saturated carbocycles. The van der Waals surface area contributed by atoms with E-state index < -0.39 is 5.79 Å². The Labute approximate surface area is 180 Å². The molecule has 5 rings (SSSR count). The summed E-state index contributed by atoms with van der Waals surface area (Å²) in [6.07, 6.45) is 8.57. The highest BCUT2D eigenvalue weighted by Crippen LogP contribution is 2.71. The molecule has 4 unspecified atom stereocenters. The molecule has 5 heteroatoms. The van der Waals surface area contributed by atoms with Crippen LogP contribution in [0, 0.1) is 40.4 Å². The third kappa shape index (κ3) is 2.73. The fourth-order valence-corrected chi connectivity index (χ4v) is 9.04. The number of carbonyl (C=O) groups excluding carboxylic acids is 2. The van der Waals surface area contributed by atoms with Crippen LogP contribution in [-0.4, -0.2) is 36.9 Å². The first-order chi connectivity index (χ1) is 14.2. The molecular weight excluding hydrogens is 380 g/mol. The van der Waals surface area contributed by atoms with Crippen molar-refractivity contribution in [1.82, 2.24) is 0 Å². The molecule has 1 saturated heterocycles. The van der Waals surface area contributed by atoms with Gasteiger partial charge in [-0.25, -0.2) is 0 Å². The van der Waals surface area contributed by atoms with Gasteiger partial charge in [-0.3, -0.25) is 9.59 Å². The van der Waals surface area contributed by atoms with Gasteiger partial charge in [0.25, 0.3) is 0 Å². The SMILES string of the molecule is CC(=O)O[C@H]1CC[C@]2(C)C3CC4(OCCO4)[C@]4(C)C(C(C)=O)CCC4C3CC[C@H]2C1. The second-order valence-corrected chi connectivity index (χ2v) is 11.3. The maximum absolute atomic E-state index is 12.7. The van der Waals surface area contributed by atoms with Crippen molar-refractivity contribution in [3.8, 4) is 0 Å². The summed E-state index contributed by atoms with van der Waals surface area (Å²) in [5.74, 6) is 1.87. The van der Waals surface area contributed by atoms with Crippen LogP contribution in [0.4, 0.5) is 0 Å². The molecule has 0 bridgehead atoms. The Morgan fingerprint density at radius 1 is 0.933 bits per heavy atom. The van der Waals surface area contributed by atoms with Crippen molar-refractivity contribution in [2.24, 2.45) is 40.4 Å². The molecule has 5 nitrogen and oxygen atoms in total. The first-order valence-corrected chi connectivity index (χ1v) is 12.2. The van der Waals surface area contributed by atoms with E-state index in [9.17, 15) is 9.59 Å². The van der Waals surface area contributed by atoms with Crippen LogP contribution in [0.5, 0.6) is 0 Å². The number of rotatable bonds is 2. The van der Waals surface area contributed by atoms with Crippen LogP contribution < -0.4 is 0 Å². The molecule has 8 atom stereocenters. The third-order valence-electron chi connectivity index (χ3n) is 10.4. The fraction of sp³-hybridized carbons (Fsp3) is 0.920. The Balaban J connectivity index is 1.48. The van der Waals surface area contributed by atoms with Gasteiger partial charge in [0.15, 0.2) is 5.79 Å². The molecule has 0 aromatic rings. The standard InChI is InChI=1S/C25H38O5/c1-15(26)20-7-8-21-19-6-5-17-13-18(30-16(2)27)9-10-23(17,3)22(19)14-25(24(20,21)4)28-11-12-29-25/h17-22H,5-14H2,1-4H3/t17-,18-,19?,20?,21?,22?,23-,24+/m0/s1. The maximum atomic E-state index is 12.7. The van der Waals surface area contributed by atoms with Gasteiger partial charge in [0.2, 0.25) is 0 Å². The zero-order valence-electron chi connectivity index (χ0n) is 19.1. The second kappa shape index (κ2) is 7.03. The van der Waals surface area contributed by atoms with Crippen molar-refractivity contribution in [2.75, 3.05) is 13.2 Å². The van der Waals surface area contributed by atoms with Crippen LogP contribution in [0.1, 0.15) is 79.1 Å². The van der Waals surface area contributed by atoms with Gasteiger partial charge in [-0.2, -0.15) is 0 Å². The molecular formula is C25H38O5. The number of ether oxygens (including phenoxy) is 3. The minimum absolute atomic E-state index is 0.0479. The predicted octanol–water partition coefficient (Wildman–Crippen LogP) is 4.52. The number of Topliss-reactive ketones (excluding diaryl/α,β-unsaturated/α-hetero) is 1. The van der Waals surface area contributed by atoms with Gasteiger partial charge >= 0.3 is 5.97 Å². The monoisotopic (exact) mass is 418 g/mol. The molecule has 4 aliphatic carbocycles. The molecule has 0 aromatic carbocycles. The average Bonchev–Trinajstić information content (AvgIpc) is 3.29. The first-order valence-electron chi connectivity index (χ1n) is 12.2. The van der Waals surface area contributed by atoms with E-state index in [4.69, 9.17) is 14.2 Å². The quantitative estimate of drug-likeness (QED) is 0.617. The number of hydrogen-bond acceptors (Lipinski definition) is 5. The Hall–Kier alpha value is -0.940. The number of hydrogen-bond donors (Lipinski definition) is 0. The molecule has 0 radical (unpaired) electrons. The minimum Gasteiger partial charge on any atom is -0.463 e. The highest BCUT2D eigenvalue weighted by Gasteiger charge is 2.71. The summed E-state index contributed by atoms with van der Waals surface area (Å²) in [5.41, 5.74) is 0.0200. The second-order valence-electron chi connectivity index (χ2n) is 11.3. The smallest absolute Gasteiger partial charge is 0.302 e. The Morgan fingerprint density at radius 3 is 2.33 bits per heavy atom. The molecule has 5 aliphatic rings. The molecule has 0 aromatic heterocycles. The summed E-state index contributed by atoms with van der Waals surface area (Å²) in [6.45, 7) is 9.36. The van der Waals surface area contributed by atoms with E-state index in [0.717, 1.165) is 38.5 Å². The topological polar surface area (TPSA) is 61.8 Å². The summed E-state index contributed by atoms with van der Waals surface area (Å²) in [4.78, 5) is 24.2. The highest BCUT2D eigenvalue weighted by molar-refractivity contribution is 5.80. The van der Waals surface area contributed by atoms with Gasteiger partial charge in [0.1, 0.15) is 11.9 Å². The summed E-state index contributed by atoms with van der Waals surface area (Å²) in [6, 6.07) is 0. The van der Waals surface area contributed by atoms with E-state index in [1.165, 1.54) is 19.8 Å². The zero-order chi connectivity index (χ0) is 21.3. The number of carbonyl (C=O) groups is 2. The van der Waals surface area contributed by atoms with Crippen LogP contribution in [0.15, 0.2) is 0 Å². The lowest BCUT2D eigenvalue weighted by molar-refractivity contribution is -0.308. The van der Waals surface area contributed by atoms with Gasteiger partial charge in [-0.15, -0.1) is 0 Å². The van der Waals surface area contributed by atoms with E-state index in [0.29, 0.717) is 42.7 Å². The zero-order valence-corrected chi connectivity index (χ0v) is 19.1. The van der Waals surface area contributed by atoms with Crippen molar-refractivity contribution >= 4 is 11.8 Å². The highest BCUT2D eigenvalue weighted by atomic mass is 16.7. The molecule has 1 spiro atoms. The fourth-order valence-electron chi connectivity index (χ4n) is 9.04. The lowest BCUT2D eigenvalue weighted by Gasteiger charge is -2.64. The van der Waals surface area contributed by atoms with Crippen molar-refractivity contribution in [1.29, 1.82) is 0 Å². The molecule has 0 amide bonds. The maximum Gasteiger partial charge on any atom is 0.302 e. The Morgan fingerprint density at radius 2 is 1.67 bits per heavy atom. The van der Waals surface area contributed by atoms with Crippen molar-refractivity contribution in [3.05, 3.63) is 0 Å². The van der Waals surface area contributed by atoms with Crippen molar-refractivity contribution < 1.29 is 23.8 Å². The van der Waals surface area contributed by atoms with Crippen LogP contribution >= 0.6 is 0 Å². The summed E-state index contributed by atoms with van der Waals surface area (Å²) >= 11 is 0. The summed E-state index contributed by atoms with van der Waals surface area (Å²) in [7, 11) is 0. The summed E-state index contributed by atoms with van der Waals surface area (Å²) in [5, 5.41) is 0. The molecule has 168 valence electrons. The molecule has 0 N–H and O–H groups in total. The molecule has 30 heavy (non-hydrogen) atoms. The normalized spacial score (nSPS) is 49.2. The number of fused-ring (bicyclic) bond motifs is 6. The van der Waals surface area contributed by atoms with Crippen molar-refractivity contribution in [2.45, 2.75) is 91.0 Å². The summed E-state index contributed by atoms with van der Waals surface area (Å²) < 4.78 is 18.6. The number of esters is 1. The van der Waals surface area contributed by atoms with Gasteiger partial charge in [0.05, 0.1) is 13.2 Å². The lowest BCUT2D eigenvalue weighted by atomic mass is 9.43. The Bertz CT molecular complexity index is 727. The predicted molar refractivity (Wildman–Crippen MR) is 111 cm³/mol. The van der Waals surface area contributed by atoms with Crippen LogP contribution in [-0.2, 0) is 23.8 Å². The first kappa shape index (κ1) is 20.9. The lowest BCUT2D eigenvalue weighted by Crippen LogP contribution is -2.65. The molecule has 1 heterocycles. The van der Waals surface area contributed by atoms with E-state index in [2.05, 4.69) is 13.8 Å². The van der Waals surface area contributed by atoms with Gasteiger partial charge in [0, 0.05) is 24.7 Å². The Kier molecular flexibility index (Phi) is 4.91. The van der Waals surface area contributed by atoms with Crippen LogP contribution in [0.2, 0.25) is 0 Å². The average molecular weight is 419 g/mol. The van der Waals surface area contributed by atoms with Gasteiger partial charge in [-0.05, 0) is 81.0 Å². The molecule has 5 fully saturated rings. The van der Waals surface area contributed by atoms with E-state index in [-0.39, 0.29) is 28.8 Å². The molecule has 1 aliphatic heterocycles. The van der Waals surface area contributed by atoms with E-state index in [1.54, 1.807) is 6.92 Å². The number of ketones is 1. The van der Waals surface area contributed by atoms with Gasteiger partial charge in [-0.1, -0.05) is 13.8 Å². The van der Waals surface area contributed by atoms with Crippen LogP contribution in [0.25, 0.3) is 0 Å². The minimum atomic E-state index is -0.608.